The van der Waals surface area contributed by atoms with Crippen molar-refractivity contribution in [2.75, 3.05) is 19.8 Å². The molecule has 8 heteroatoms. The first-order valence-corrected chi connectivity index (χ1v) is 14.1. The monoisotopic (exact) mass is 540 g/mol. The Morgan fingerprint density at radius 3 is 2.49 bits per heavy atom. The molecule has 39 heavy (non-hydrogen) atoms. The van der Waals surface area contributed by atoms with Gasteiger partial charge in [-0.15, -0.1) is 6.58 Å². The van der Waals surface area contributed by atoms with E-state index in [2.05, 4.69) is 27.4 Å². The van der Waals surface area contributed by atoms with Crippen molar-refractivity contribution in [1.29, 1.82) is 0 Å². The zero-order valence-corrected chi connectivity index (χ0v) is 24.2. The highest BCUT2D eigenvalue weighted by molar-refractivity contribution is 5.98. The van der Waals surface area contributed by atoms with E-state index in [1.54, 1.807) is 17.9 Å². The minimum absolute atomic E-state index is 0.0653. The highest BCUT2D eigenvalue weighted by atomic mass is 16.6. The van der Waals surface area contributed by atoms with Gasteiger partial charge in [0.1, 0.15) is 11.6 Å². The van der Waals surface area contributed by atoms with Crippen molar-refractivity contribution >= 4 is 17.8 Å². The fraction of sp³-hybridized carbons (Fsp3) is 0.645. The van der Waals surface area contributed by atoms with Crippen LogP contribution in [0.2, 0.25) is 0 Å². The van der Waals surface area contributed by atoms with Crippen molar-refractivity contribution in [2.45, 2.75) is 90.1 Å². The van der Waals surface area contributed by atoms with Crippen LogP contribution in [-0.4, -0.2) is 75.7 Å². The first-order chi connectivity index (χ1) is 18.3. The first-order valence-electron chi connectivity index (χ1n) is 14.1. The number of amides is 2. The molecule has 2 amide bonds. The number of esters is 1. The van der Waals surface area contributed by atoms with E-state index in [1.807, 2.05) is 44.2 Å². The first kappa shape index (κ1) is 29.3. The maximum absolute atomic E-state index is 14.8. The lowest BCUT2D eigenvalue weighted by Crippen LogP contribution is -2.61. The maximum atomic E-state index is 14.8. The zero-order valence-electron chi connectivity index (χ0n) is 24.2. The molecule has 3 fully saturated rings. The van der Waals surface area contributed by atoms with E-state index in [0.717, 1.165) is 0 Å². The lowest BCUT2D eigenvalue weighted by atomic mass is 9.70. The molecule has 4 rings (SSSR count). The second kappa shape index (κ2) is 10.7. The molecular formula is C31H44N2O6. The zero-order chi connectivity index (χ0) is 28.8. The topological polar surface area (TPSA) is 96.4 Å². The summed E-state index contributed by atoms with van der Waals surface area (Å²) in [4.78, 5) is 45.6. The molecule has 2 bridgehead atoms. The summed E-state index contributed by atoms with van der Waals surface area (Å²) in [6.45, 7) is 16.2. The predicted octanol–water partition coefficient (Wildman–Crippen LogP) is 3.89. The van der Waals surface area contributed by atoms with Crippen LogP contribution >= 0.6 is 0 Å². The lowest BCUT2D eigenvalue weighted by molar-refractivity contribution is -0.158. The van der Waals surface area contributed by atoms with Crippen molar-refractivity contribution in [3.63, 3.8) is 0 Å². The molecule has 0 radical (unpaired) electrons. The van der Waals surface area contributed by atoms with Gasteiger partial charge in [-0.2, -0.15) is 0 Å². The van der Waals surface area contributed by atoms with Gasteiger partial charge in [0.15, 0.2) is 0 Å². The number of hydrogen-bond acceptors (Lipinski definition) is 6. The number of likely N-dealkylation sites (tertiary alicyclic amines) is 1. The SMILES string of the molecule is C=CCN(C(=O)C1N([C@H](CO)c2ccccc2)C(=O)[C@@H]2[C@@H](C(=O)OCC)[C@H]3CCC12O3)C(C)(C)CC(C)(C)C. The molecular weight excluding hydrogens is 496 g/mol. The van der Waals surface area contributed by atoms with Crippen molar-refractivity contribution in [1.82, 2.24) is 9.80 Å². The number of aliphatic hydroxyl groups excluding tert-OH is 1. The second-order valence-electron chi connectivity index (χ2n) is 12.9. The van der Waals surface area contributed by atoms with E-state index in [0.29, 0.717) is 31.4 Å². The summed E-state index contributed by atoms with van der Waals surface area (Å²) in [5.74, 6) is -2.69. The van der Waals surface area contributed by atoms with Gasteiger partial charge in [0.2, 0.25) is 11.8 Å². The molecule has 0 aromatic heterocycles. The molecule has 2 unspecified atom stereocenters. The van der Waals surface area contributed by atoms with E-state index in [9.17, 15) is 19.5 Å². The fourth-order valence-electron chi connectivity index (χ4n) is 7.55. The molecule has 0 aliphatic carbocycles. The summed E-state index contributed by atoms with van der Waals surface area (Å²) in [5, 5.41) is 10.6. The number of rotatable bonds is 10. The molecule has 3 heterocycles. The number of aliphatic hydroxyl groups is 1. The van der Waals surface area contributed by atoms with Crippen molar-refractivity contribution in [3.8, 4) is 0 Å². The molecule has 3 aliphatic heterocycles. The standard InChI is InChI=1S/C31H44N2O6/c1-8-17-32(30(6,7)19-29(3,4)5)27(36)25-31-16-15-22(39-31)23(28(37)38-9-2)24(31)26(35)33(25)21(18-34)20-13-11-10-12-14-20/h8,10-14,21-25,34H,1,9,15-19H2,2-7H3/t21-,22-,23+,24+,25?,31?/m1/s1. The van der Waals surface area contributed by atoms with Crippen LogP contribution in [0.1, 0.15) is 72.4 Å². The Bertz CT molecular complexity index is 1100. The van der Waals surface area contributed by atoms with Crippen LogP contribution in [0.15, 0.2) is 43.0 Å². The Balaban J connectivity index is 1.86. The van der Waals surface area contributed by atoms with Gasteiger partial charge in [-0.25, -0.2) is 0 Å². The smallest absolute Gasteiger partial charge is 0.312 e. The third-order valence-electron chi connectivity index (χ3n) is 8.50. The molecule has 3 aliphatic rings. The Hall–Kier alpha value is -2.71. The molecule has 1 aromatic rings. The normalized spacial score (nSPS) is 28.8. The molecule has 1 aromatic carbocycles. The van der Waals surface area contributed by atoms with Gasteiger partial charge in [0.05, 0.1) is 37.2 Å². The van der Waals surface area contributed by atoms with Gasteiger partial charge in [0, 0.05) is 12.1 Å². The molecule has 1 N–H and O–H groups in total. The number of fused-ring (bicyclic) bond motifs is 1. The number of hydrogen-bond donors (Lipinski definition) is 1. The van der Waals surface area contributed by atoms with Gasteiger partial charge >= 0.3 is 5.97 Å². The van der Waals surface area contributed by atoms with E-state index < -0.39 is 47.1 Å². The third kappa shape index (κ3) is 5.02. The van der Waals surface area contributed by atoms with E-state index >= 15 is 0 Å². The summed E-state index contributed by atoms with van der Waals surface area (Å²) in [5.41, 5.74) is -1.08. The van der Waals surface area contributed by atoms with Crippen molar-refractivity contribution < 1.29 is 29.0 Å². The Labute approximate surface area is 232 Å². The largest absolute Gasteiger partial charge is 0.466 e. The Morgan fingerprint density at radius 1 is 1.26 bits per heavy atom. The summed E-state index contributed by atoms with van der Waals surface area (Å²) < 4.78 is 11.9. The van der Waals surface area contributed by atoms with Crippen LogP contribution in [0, 0.1) is 17.3 Å². The lowest BCUT2D eigenvalue weighted by Gasteiger charge is -2.46. The van der Waals surface area contributed by atoms with Crippen LogP contribution < -0.4 is 0 Å². The average Bonchev–Trinajstić information content (AvgIpc) is 3.50. The number of ether oxygens (including phenoxy) is 2. The Kier molecular flexibility index (Phi) is 8.03. The number of benzene rings is 1. The average molecular weight is 541 g/mol. The van der Waals surface area contributed by atoms with E-state index in [-0.39, 0.29) is 30.4 Å². The Morgan fingerprint density at radius 2 is 1.92 bits per heavy atom. The van der Waals surface area contributed by atoms with Crippen LogP contribution in [0.4, 0.5) is 0 Å². The minimum atomic E-state index is -1.17. The molecule has 3 saturated heterocycles. The van der Waals surface area contributed by atoms with E-state index in [4.69, 9.17) is 9.47 Å². The van der Waals surface area contributed by atoms with Crippen LogP contribution in [0.3, 0.4) is 0 Å². The second-order valence-corrected chi connectivity index (χ2v) is 12.9. The molecule has 1 spiro atoms. The molecule has 214 valence electrons. The minimum Gasteiger partial charge on any atom is -0.466 e. The third-order valence-corrected chi connectivity index (χ3v) is 8.50. The molecule has 6 atom stereocenters. The van der Waals surface area contributed by atoms with Crippen LogP contribution in [0.25, 0.3) is 0 Å². The number of nitrogens with zero attached hydrogens (tertiary/aromatic N) is 2. The van der Waals surface area contributed by atoms with E-state index in [1.165, 1.54) is 4.90 Å². The van der Waals surface area contributed by atoms with Gasteiger partial charge in [0.25, 0.3) is 0 Å². The summed E-state index contributed by atoms with van der Waals surface area (Å²) in [6, 6.07) is 7.46. The highest BCUT2D eigenvalue weighted by Gasteiger charge is 2.76. The van der Waals surface area contributed by atoms with Gasteiger partial charge in [-0.3, -0.25) is 14.4 Å². The summed E-state index contributed by atoms with van der Waals surface area (Å²) in [6.07, 6.45) is 2.98. The predicted molar refractivity (Wildman–Crippen MR) is 147 cm³/mol. The van der Waals surface area contributed by atoms with Crippen molar-refractivity contribution in [3.05, 3.63) is 48.6 Å². The molecule has 8 nitrogen and oxygen atoms in total. The van der Waals surface area contributed by atoms with Gasteiger partial charge in [-0.05, 0) is 51.0 Å². The maximum Gasteiger partial charge on any atom is 0.312 e. The van der Waals surface area contributed by atoms with Crippen molar-refractivity contribution in [2.24, 2.45) is 17.3 Å². The quantitative estimate of drug-likeness (QED) is 0.357. The summed E-state index contributed by atoms with van der Waals surface area (Å²) >= 11 is 0. The van der Waals surface area contributed by atoms with Gasteiger partial charge < -0.3 is 24.4 Å². The fourth-order valence-corrected chi connectivity index (χ4v) is 7.55. The summed E-state index contributed by atoms with van der Waals surface area (Å²) in [7, 11) is 0. The van der Waals surface area contributed by atoms with Gasteiger partial charge in [-0.1, -0.05) is 57.2 Å². The van der Waals surface area contributed by atoms with Crippen LogP contribution in [0.5, 0.6) is 0 Å². The number of carbonyl (C=O) groups excluding carboxylic acids is 3. The van der Waals surface area contributed by atoms with Crippen LogP contribution in [-0.2, 0) is 23.9 Å². The molecule has 0 saturated carbocycles. The highest BCUT2D eigenvalue weighted by Crippen LogP contribution is 2.60. The number of carbonyl (C=O) groups is 3.